The van der Waals surface area contributed by atoms with E-state index in [0.29, 0.717) is 26.2 Å². The molecule has 0 aliphatic carbocycles. The van der Waals surface area contributed by atoms with Crippen LogP contribution in [0.1, 0.15) is 6.42 Å². The molecule has 1 amide bonds. The fraction of sp³-hybridized carbons (Fsp3) is 0.261. The van der Waals surface area contributed by atoms with Gasteiger partial charge in [-0.2, -0.15) is 0 Å². The summed E-state index contributed by atoms with van der Waals surface area (Å²) in [5, 5.41) is 0. The van der Waals surface area contributed by atoms with Crippen LogP contribution in [0.2, 0.25) is 0 Å². The summed E-state index contributed by atoms with van der Waals surface area (Å²) >= 11 is 0. The Bertz CT molecular complexity index is 1130. The van der Waals surface area contributed by atoms with Crippen molar-refractivity contribution in [3.05, 3.63) is 73.1 Å². The predicted octanol–water partition coefficient (Wildman–Crippen LogP) is 2.66. The Balaban J connectivity index is 1.33. The van der Waals surface area contributed by atoms with E-state index in [9.17, 15) is 13.2 Å². The van der Waals surface area contributed by atoms with E-state index in [1.165, 1.54) is 0 Å². The molecule has 31 heavy (non-hydrogen) atoms. The van der Waals surface area contributed by atoms with E-state index in [1.54, 1.807) is 41.6 Å². The Morgan fingerprint density at radius 1 is 0.871 bits per heavy atom. The van der Waals surface area contributed by atoms with Gasteiger partial charge in [0.1, 0.15) is 12.1 Å². The summed E-state index contributed by atoms with van der Waals surface area (Å²) in [5.41, 5.74) is 1.88. The van der Waals surface area contributed by atoms with Gasteiger partial charge in [0.15, 0.2) is 9.84 Å². The molecule has 0 bridgehead atoms. The number of carbonyl (C=O) groups excluding carboxylic acids is 1. The van der Waals surface area contributed by atoms with Crippen LogP contribution in [0.3, 0.4) is 0 Å². The molecule has 0 atom stereocenters. The molecule has 2 heterocycles. The Labute approximate surface area is 182 Å². The second-order valence-corrected chi connectivity index (χ2v) is 9.49. The van der Waals surface area contributed by atoms with Crippen LogP contribution in [0.4, 0.5) is 5.82 Å². The molecule has 0 spiro atoms. The van der Waals surface area contributed by atoms with Crippen molar-refractivity contribution >= 4 is 21.6 Å². The van der Waals surface area contributed by atoms with Gasteiger partial charge in [-0.25, -0.2) is 18.4 Å². The van der Waals surface area contributed by atoms with Crippen LogP contribution in [-0.2, 0) is 14.6 Å². The minimum atomic E-state index is -3.45. The highest BCUT2D eigenvalue weighted by atomic mass is 32.2. The van der Waals surface area contributed by atoms with Crippen LogP contribution in [0.5, 0.6) is 0 Å². The number of aromatic nitrogens is 2. The molecule has 0 N–H and O–H groups in total. The van der Waals surface area contributed by atoms with Crippen molar-refractivity contribution in [3.8, 4) is 11.3 Å². The third-order valence-corrected chi connectivity index (χ3v) is 7.10. The van der Waals surface area contributed by atoms with Crippen LogP contribution in [-0.4, -0.2) is 61.1 Å². The number of sulfone groups is 1. The van der Waals surface area contributed by atoms with Gasteiger partial charge in [0.25, 0.3) is 0 Å². The van der Waals surface area contributed by atoms with E-state index in [2.05, 4.69) is 14.9 Å². The first-order valence-corrected chi connectivity index (χ1v) is 11.9. The number of piperazine rings is 1. The van der Waals surface area contributed by atoms with E-state index in [-0.39, 0.29) is 23.0 Å². The minimum absolute atomic E-state index is 0.0110. The van der Waals surface area contributed by atoms with Crippen molar-refractivity contribution in [3.63, 3.8) is 0 Å². The summed E-state index contributed by atoms with van der Waals surface area (Å²) in [6.45, 7) is 2.36. The number of hydrogen-bond acceptors (Lipinski definition) is 6. The first kappa shape index (κ1) is 21.0. The lowest BCUT2D eigenvalue weighted by Crippen LogP contribution is -2.49. The van der Waals surface area contributed by atoms with Crippen molar-refractivity contribution < 1.29 is 13.2 Å². The Hall–Kier alpha value is -3.26. The molecule has 160 valence electrons. The molecule has 1 aliphatic rings. The fourth-order valence-corrected chi connectivity index (χ4v) is 4.85. The zero-order chi connectivity index (χ0) is 21.7. The molecule has 1 aliphatic heterocycles. The SMILES string of the molecule is O=C(CCS(=O)(=O)c1ccccc1)N1CCN(c2cc(-c3ccccc3)ncn2)CC1. The highest BCUT2D eigenvalue weighted by molar-refractivity contribution is 7.91. The van der Waals surface area contributed by atoms with E-state index in [0.717, 1.165) is 17.1 Å². The Morgan fingerprint density at radius 3 is 2.19 bits per heavy atom. The highest BCUT2D eigenvalue weighted by Crippen LogP contribution is 2.21. The maximum Gasteiger partial charge on any atom is 0.223 e. The lowest BCUT2D eigenvalue weighted by Gasteiger charge is -2.35. The number of hydrogen-bond donors (Lipinski definition) is 0. The van der Waals surface area contributed by atoms with E-state index >= 15 is 0 Å². The summed E-state index contributed by atoms with van der Waals surface area (Å²) in [6, 6.07) is 20.1. The maximum atomic E-state index is 12.6. The second-order valence-electron chi connectivity index (χ2n) is 7.38. The number of nitrogens with zero attached hydrogens (tertiary/aromatic N) is 4. The number of anilines is 1. The van der Waals surface area contributed by atoms with Gasteiger partial charge < -0.3 is 9.80 Å². The zero-order valence-corrected chi connectivity index (χ0v) is 17.9. The molecule has 1 fully saturated rings. The van der Waals surface area contributed by atoms with Crippen LogP contribution < -0.4 is 4.90 Å². The zero-order valence-electron chi connectivity index (χ0n) is 17.1. The summed E-state index contributed by atoms with van der Waals surface area (Å²) in [7, 11) is -3.45. The van der Waals surface area contributed by atoms with Gasteiger partial charge in [0.2, 0.25) is 5.91 Å². The molecule has 1 saturated heterocycles. The van der Waals surface area contributed by atoms with Crippen molar-refractivity contribution in [1.82, 2.24) is 14.9 Å². The number of rotatable bonds is 6. The average molecular weight is 437 g/mol. The van der Waals surface area contributed by atoms with Crippen molar-refractivity contribution in [2.75, 3.05) is 36.8 Å². The van der Waals surface area contributed by atoms with Crippen LogP contribution in [0, 0.1) is 0 Å². The van der Waals surface area contributed by atoms with Gasteiger partial charge in [-0.15, -0.1) is 0 Å². The Kier molecular flexibility index (Phi) is 6.27. The lowest BCUT2D eigenvalue weighted by molar-refractivity contribution is -0.131. The van der Waals surface area contributed by atoms with Crippen molar-refractivity contribution in [1.29, 1.82) is 0 Å². The van der Waals surface area contributed by atoms with Crippen LogP contribution >= 0.6 is 0 Å². The summed E-state index contributed by atoms with van der Waals surface area (Å²) < 4.78 is 24.8. The lowest BCUT2D eigenvalue weighted by atomic mass is 10.1. The van der Waals surface area contributed by atoms with E-state index in [1.807, 2.05) is 36.4 Å². The van der Waals surface area contributed by atoms with E-state index in [4.69, 9.17) is 0 Å². The highest BCUT2D eigenvalue weighted by Gasteiger charge is 2.24. The molecular weight excluding hydrogens is 412 g/mol. The monoisotopic (exact) mass is 436 g/mol. The quantitative estimate of drug-likeness (QED) is 0.591. The fourth-order valence-electron chi connectivity index (χ4n) is 3.60. The van der Waals surface area contributed by atoms with Gasteiger partial charge in [0, 0.05) is 44.2 Å². The van der Waals surface area contributed by atoms with Crippen LogP contribution in [0.15, 0.2) is 78.0 Å². The molecule has 4 rings (SSSR count). The van der Waals surface area contributed by atoms with E-state index < -0.39 is 9.84 Å². The Morgan fingerprint density at radius 2 is 1.52 bits per heavy atom. The van der Waals surface area contributed by atoms with Gasteiger partial charge >= 0.3 is 0 Å². The smallest absolute Gasteiger partial charge is 0.223 e. The standard InChI is InChI=1S/C23H24N4O3S/c28-23(11-16-31(29,30)20-9-5-2-6-10-20)27-14-12-26(13-15-27)22-17-21(24-18-25-22)19-7-3-1-4-8-19/h1-10,17-18H,11-16H2. The third-order valence-electron chi connectivity index (χ3n) is 5.37. The van der Waals surface area contributed by atoms with Gasteiger partial charge in [-0.3, -0.25) is 4.79 Å². The van der Waals surface area contributed by atoms with Gasteiger partial charge in [0.05, 0.1) is 16.3 Å². The third kappa shape index (κ3) is 5.08. The summed E-state index contributed by atoms with van der Waals surface area (Å²) in [5.74, 6) is 0.516. The summed E-state index contributed by atoms with van der Waals surface area (Å²) in [6.07, 6.45) is 1.55. The number of benzene rings is 2. The minimum Gasteiger partial charge on any atom is -0.353 e. The number of amides is 1. The van der Waals surface area contributed by atoms with Crippen LogP contribution in [0.25, 0.3) is 11.3 Å². The second kappa shape index (κ2) is 9.26. The molecule has 2 aromatic carbocycles. The molecule has 0 saturated carbocycles. The summed E-state index contributed by atoms with van der Waals surface area (Å²) in [4.78, 5) is 25.4. The normalized spacial score (nSPS) is 14.5. The molecular formula is C23H24N4O3S. The van der Waals surface area contributed by atoms with Gasteiger partial charge in [-0.05, 0) is 12.1 Å². The van der Waals surface area contributed by atoms with Crippen molar-refractivity contribution in [2.45, 2.75) is 11.3 Å². The molecule has 7 nitrogen and oxygen atoms in total. The van der Waals surface area contributed by atoms with Crippen molar-refractivity contribution in [2.24, 2.45) is 0 Å². The topological polar surface area (TPSA) is 83.5 Å². The largest absolute Gasteiger partial charge is 0.353 e. The average Bonchev–Trinajstić information content (AvgIpc) is 2.84. The molecule has 0 radical (unpaired) electrons. The van der Waals surface area contributed by atoms with Gasteiger partial charge in [-0.1, -0.05) is 48.5 Å². The molecule has 1 aromatic heterocycles. The molecule has 8 heteroatoms. The maximum absolute atomic E-state index is 12.6. The first-order chi connectivity index (χ1) is 15.0. The first-order valence-electron chi connectivity index (χ1n) is 10.2. The molecule has 0 unspecified atom stereocenters. The number of carbonyl (C=O) groups is 1. The predicted molar refractivity (Wildman–Crippen MR) is 119 cm³/mol. The molecule has 3 aromatic rings.